The molecule has 1 aliphatic rings. The highest BCUT2D eigenvalue weighted by atomic mass is 79.9. The fraction of sp³-hybridized carbons (Fsp3) is 0.583. The monoisotopic (exact) mass is 361 g/mol. The third-order valence-corrected chi connectivity index (χ3v) is 4.34. The SMILES string of the molecule is CC1(CNc2ncc(Br)cc2Br)CCNCC1. The van der Waals surface area contributed by atoms with Gasteiger partial charge in [-0.3, -0.25) is 0 Å². The van der Waals surface area contributed by atoms with Crippen LogP contribution < -0.4 is 10.6 Å². The highest BCUT2D eigenvalue weighted by Crippen LogP contribution is 2.30. The van der Waals surface area contributed by atoms with Gasteiger partial charge in [0.25, 0.3) is 0 Å². The summed E-state index contributed by atoms with van der Waals surface area (Å²) >= 11 is 6.93. The maximum atomic E-state index is 4.37. The van der Waals surface area contributed by atoms with E-state index in [0.29, 0.717) is 5.41 Å². The van der Waals surface area contributed by atoms with Gasteiger partial charge in [-0.1, -0.05) is 6.92 Å². The van der Waals surface area contributed by atoms with Gasteiger partial charge in [-0.25, -0.2) is 4.98 Å². The topological polar surface area (TPSA) is 37.0 Å². The van der Waals surface area contributed by atoms with Crippen LogP contribution in [-0.2, 0) is 0 Å². The van der Waals surface area contributed by atoms with Crippen LogP contribution in [-0.4, -0.2) is 24.6 Å². The van der Waals surface area contributed by atoms with Crippen molar-refractivity contribution in [2.24, 2.45) is 5.41 Å². The van der Waals surface area contributed by atoms with Crippen molar-refractivity contribution in [3.8, 4) is 0 Å². The van der Waals surface area contributed by atoms with Gasteiger partial charge in [-0.05, 0) is 69.3 Å². The molecule has 0 bridgehead atoms. The molecule has 17 heavy (non-hydrogen) atoms. The quantitative estimate of drug-likeness (QED) is 0.865. The van der Waals surface area contributed by atoms with Crippen LogP contribution >= 0.6 is 31.9 Å². The lowest BCUT2D eigenvalue weighted by atomic mass is 9.81. The predicted octanol–water partition coefficient (Wildman–Crippen LogP) is 3.41. The molecular weight excluding hydrogens is 346 g/mol. The summed E-state index contributed by atoms with van der Waals surface area (Å²) in [5.41, 5.74) is 0.374. The molecule has 5 heteroatoms. The maximum Gasteiger partial charge on any atom is 0.140 e. The van der Waals surface area contributed by atoms with E-state index in [0.717, 1.165) is 34.4 Å². The highest BCUT2D eigenvalue weighted by molar-refractivity contribution is 9.11. The lowest BCUT2D eigenvalue weighted by Gasteiger charge is -2.34. The zero-order valence-electron chi connectivity index (χ0n) is 9.89. The third-order valence-electron chi connectivity index (χ3n) is 3.30. The maximum absolute atomic E-state index is 4.37. The van der Waals surface area contributed by atoms with E-state index in [1.54, 1.807) is 0 Å². The van der Waals surface area contributed by atoms with Gasteiger partial charge in [0.05, 0.1) is 4.47 Å². The summed E-state index contributed by atoms with van der Waals surface area (Å²) in [7, 11) is 0. The molecule has 3 nitrogen and oxygen atoms in total. The zero-order chi connectivity index (χ0) is 12.3. The molecule has 1 aromatic heterocycles. The zero-order valence-corrected chi connectivity index (χ0v) is 13.1. The molecular formula is C12H17Br2N3. The van der Waals surface area contributed by atoms with E-state index in [9.17, 15) is 0 Å². The summed E-state index contributed by atoms with van der Waals surface area (Å²) in [6, 6.07) is 2.01. The number of piperidine rings is 1. The van der Waals surface area contributed by atoms with Gasteiger partial charge in [0.15, 0.2) is 0 Å². The van der Waals surface area contributed by atoms with Gasteiger partial charge in [-0.15, -0.1) is 0 Å². The van der Waals surface area contributed by atoms with Crippen LogP contribution in [0.3, 0.4) is 0 Å². The minimum Gasteiger partial charge on any atom is -0.369 e. The smallest absolute Gasteiger partial charge is 0.140 e. The highest BCUT2D eigenvalue weighted by Gasteiger charge is 2.26. The predicted molar refractivity (Wildman–Crippen MR) is 78.3 cm³/mol. The van der Waals surface area contributed by atoms with E-state index in [2.05, 4.69) is 54.4 Å². The molecule has 0 atom stereocenters. The summed E-state index contributed by atoms with van der Waals surface area (Å²) in [5, 5.41) is 6.84. The van der Waals surface area contributed by atoms with Gasteiger partial charge in [0.1, 0.15) is 5.82 Å². The molecule has 1 fully saturated rings. The lowest BCUT2D eigenvalue weighted by molar-refractivity contribution is 0.247. The van der Waals surface area contributed by atoms with Crippen LogP contribution in [0, 0.1) is 5.41 Å². The second kappa shape index (κ2) is 5.67. The second-order valence-corrected chi connectivity index (χ2v) is 6.67. The summed E-state index contributed by atoms with van der Waals surface area (Å²) in [4.78, 5) is 4.37. The van der Waals surface area contributed by atoms with Crippen molar-refractivity contribution < 1.29 is 0 Å². The van der Waals surface area contributed by atoms with Crippen LogP contribution in [0.1, 0.15) is 19.8 Å². The molecule has 1 aromatic rings. The van der Waals surface area contributed by atoms with E-state index in [-0.39, 0.29) is 0 Å². The van der Waals surface area contributed by atoms with Gasteiger partial charge in [0, 0.05) is 17.2 Å². The standard InChI is InChI=1S/C12H17Br2N3/c1-12(2-4-15-5-3-12)8-17-11-10(14)6-9(13)7-16-11/h6-7,15H,2-5,8H2,1H3,(H,16,17). The van der Waals surface area contributed by atoms with E-state index >= 15 is 0 Å². The molecule has 1 saturated heterocycles. The number of anilines is 1. The number of aromatic nitrogens is 1. The summed E-state index contributed by atoms with van der Waals surface area (Å²) in [6.07, 6.45) is 4.25. The minimum atomic E-state index is 0.374. The van der Waals surface area contributed by atoms with E-state index in [1.807, 2.05) is 12.3 Å². The number of hydrogen-bond donors (Lipinski definition) is 2. The molecule has 2 N–H and O–H groups in total. The van der Waals surface area contributed by atoms with Crippen LogP contribution in [0.5, 0.6) is 0 Å². The minimum absolute atomic E-state index is 0.374. The molecule has 0 aliphatic carbocycles. The van der Waals surface area contributed by atoms with E-state index in [4.69, 9.17) is 0 Å². The lowest BCUT2D eigenvalue weighted by Crippen LogP contribution is -2.39. The van der Waals surface area contributed by atoms with Gasteiger partial charge in [0.2, 0.25) is 0 Å². The van der Waals surface area contributed by atoms with Gasteiger partial charge < -0.3 is 10.6 Å². The summed E-state index contributed by atoms with van der Waals surface area (Å²) in [6.45, 7) is 5.55. The first kappa shape index (κ1) is 13.3. The molecule has 1 aliphatic heterocycles. The first-order valence-corrected chi connectivity index (χ1v) is 7.43. The van der Waals surface area contributed by atoms with Gasteiger partial charge >= 0.3 is 0 Å². The van der Waals surface area contributed by atoms with E-state index in [1.165, 1.54) is 12.8 Å². The van der Waals surface area contributed by atoms with Crippen molar-refractivity contribution >= 4 is 37.7 Å². The van der Waals surface area contributed by atoms with Crippen molar-refractivity contribution in [3.63, 3.8) is 0 Å². The molecule has 0 aromatic carbocycles. The first-order valence-electron chi connectivity index (χ1n) is 5.85. The average Bonchev–Trinajstić information content (AvgIpc) is 2.29. The largest absolute Gasteiger partial charge is 0.369 e. The summed E-state index contributed by atoms with van der Waals surface area (Å²) < 4.78 is 1.99. The Morgan fingerprint density at radius 1 is 1.41 bits per heavy atom. The Hall–Kier alpha value is -0.130. The van der Waals surface area contributed by atoms with Crippen molar-refractivity contribution in [2.45, 2.75) is 19.8 Å². The first-order chi connectivity index (χ1) is 8.09. The molecule has 0 spiro atoms. The summed E-state index contributed by atoms with van der Waals surface area (Å²) in [5.74, 6) is 0.924. The third kappa shape index (κ3) is 3.66. The normalized spacial score (nSPS) is 19.0. The fourth-order valence-electron chi connectivity index (χ4n) is 2.05. The van der Waals surface area contributed by atoms with Crippen molar-refractivity contribution in [1.29, 1.82) is 0 Å². The average molecular weight is 363 g/mol. The van der Waals surface area contributed by atoms with Gasteiger partial charge in [-0.2, -0.15) is 0 Å². The number of nitrogens with zero attached hydrogens (tertiary/aromatic N) is 1. The Morgan fingerprint density at radius 2 is 2.12 bits per heavy atom. The van der Waals surface area contributed by atoms with Crippen molar-refractivity contribution in [1.82, 2.24) is 10.3 Å². The van der Waals surface area contributed by atoms with Crippen molar-refractivity contribution in [2.75, 3.05) is 25.0 Å². The molecule has 94 valence electrons. The molecule has 2 rings (SSSR count). The Kier molecular flexibility index (Phi) is 4.44. The van der Waals surface area contributed by atoms with Crippen LogP contribution in [0.4, 0.5) is 5.82 Å². The Balaban J connectivity index is 1.97. The Morgan fingerprint density at radius 3 is 2.76 bits per heavy atom. The number of hydrogen-bond acceptors (Lipinski definition) is 3. The Bertz CT molecular complexity index is 389. The number of pyridine rings is 1. The fourth-order valence-corrected chi connectivity index (χ4v) is 3.18. The van der Waals surface area contributed by atoms with Crippen LogP contribution in [0.25, 0.3) is 0 Å². The number of rotatable bonds is 3. The van der Waals surface area contributed by atoms with Crippen LogP contribution in [0.15, 0.2) is 21.2 Å². The van der Waals surface area contributed by atoms with Crippen molar-refractivity contribution in [3.05, 3.63) is 21.2 Å². The van der Waals surface area contributed by atoms with Crippen LogP contribution in [0.2, 0.25) is 0 Å². The molecule has 0 radical (unpaired) electrons. The number of halogens is 2. The van der Waals surface area contributed by atoms with E-state index < -0.39 is 0 Å². The molecule has 0 amide bonds. The second-order valence-electron chi connectivity index (χ2n) is 4.90. The number of nitrogens with one attached hydrogen (secondary N) is 2. The molecule has 0 saturated carbocycles. The molecule has 0 unspecified atom stereocenters. The Labute approximate surface area is 119 Å². The molecule has 2 heterocycles.